The van der Waals surface area contributed by atoms with Crippen molar-refractivity contribution in [3.05, 3.63) is 23.8 Å². The number of carbonyl (C=O) groups excluding carboxylic acids is 1. The van der Waals surface area contributed by atoms with Crippen LogP contribution in [0.4, 0.5) is 0 Å². The number of methoxy groups -OCH3 is 2. The van der Waals surface area contributed by atoms with Crippen molar-refractivity contribution in [2.75, 3.05) is 33.2 Å². The van der Waals surface area contributed by atoms with Crippen molar-refractivity contribution in [2.24, 2.45) is 0 Å². The van der Waals surface area contributed by atoms with Gasteiger partial charge < -0.3 is 14.4 Å². The normalized spacial score (nSPS) is 10.1. The molecule has 0 aromatic heterocycles. The van der Waals surface area contributed by atoms with E-state index in [1.165, 1.54) is 0 Å². The molecule has 0 aliphatic carbocycles. The fraction of sp³-hybridized carbons (Fsp3) is 0.500. The zero-order valence-electron chi connectivity index (χ0n) is 11.6. The van der Waals surface area contributed by atoms with Crippen molar-refractivity contribution in [1.82, 2.24) is 4.90 Å². The van der Waals surface area contributed by atoms with Crippen LogP contribution < -0.4 is 9.47 Å². The zero-order valence-corrected chi connectivity index (χ0v) is 12.4. The fourth-order valence-electron chi connectivity index (χ4n) is 1.80. The molecule has 0 atom stereocenters. The third-order valence-electron chi connectivity index (χ3n) is 2.87. The van der Waals surface area contributed by atoms with Crippen LogP contribution in [0.5, 0.6) is 11.5 Å². The summed E-state index contributed by atoms with van der Waals surface area (Å²) in [6.07, 6.45) is 0.777. The van der Waals surface area contributed by atoms with Gasteiger partial charge in [0.2, 0.25) is 0 Å². The molecular weight excluding hydrogens is 266 g/mol. The van der Waals surface area contributed by atoms with E-state index in [0.717, 1.165) is 6.42 Å². The first-order chi connectivity index (χ1) is 9.17. The Morgan fingerprint density at radius 2 is 2.05 bits per heavy atom. The highest BCUT2D eigenvalue weighted by atomic mass is 35.5. The van der Waals surface area contributed by atoms with Crippen LogP contribution in [0.25, 0.3) is 0 Å². The molecular formula is C14H20ClNO3. The van der Waals surface area contributed by atoms with Crippen molar-refractivity contribution in [2.45, 2.75) is 13.3 Å². The molecule has 1 aromatic rings. The third kappa shape index (κ3) is 4.03. The number of benzene rings is 1. The van der Waals surface area contributed by atoms with Crippen LogP contribution in [-0.4, -0.2) is 44.0 Å². The van der Waals surface area contributed by atoms with Crippen LogP contribution in [0.15, 0.2) is 18.2 Å². The summed E-state index contributed by atoms with van der Waals surface area (Å²) in [6.45, 7) is 3.24. The van der Waals surface area contributed by atoms with Crippen molar-refractivity contribution in [1.29, 1.82) is 0 Å². The van der Waals surface area contributed by atoms with Gasteiger partial charge in [0.05, 0.1) is 19.8 Å². The summed E-state index contributed by atoms with van der Waals surface area (Å²) in [5.41, 5.74) is 0.541. The Morgan fingerprint density at radius 1 is 1.32 bits per heavy atom. The van der Waals surface area contributed by atoms with Crippen LogP contribution in [0, 0.1) is 0 Å². The van der Waals surface area contributed by atoms with E-state index in [-0.39, 0.29) is 5.91 Å². The lowest BCUT2D eigenvalue weighted by Crippen LogP contribution is -2.32. The Balaban J connectivity index is 2.96. The molecule has 0 aliphatic heterocycles. The van der Waals surface area contributed by atoms with Crippen LogP contribution in [0.3, 0.4) is 0 Å². The molecule has 0 aliphatic rings. The molecule has 0 radical (unpaired) electrons. The maximum absolute atomic E-state index is 12.4. The highest BCUT2D eigenvalue weighted by molar-refractivity contribution is 6.17. The van der Waals surface area contributed by atoms with E-state index in [9.17, 15) is 4.79 Å². The Morgan fingerprint density at radius 3 is 2.58 bits per heavy atom. The van der Waals surface area contributed by atoms with Crippen molar-refractivity contribution in [3.63, 3.8) is 0 Å². The van der Waals surface area contributed by atoms with E-state index in [0.29, 0.717) is 36.0 Å². The predicted molar refractivity (Wildman–Crippen MR) is 76.5 cm³/mol. The summed E-state index contributed by atoms with van der Waals surface area (Å²) in [4.78, 5) is 14.2. The first-order valence-electron chi connectivity index (χ1n) is 6.25. The fourth-order valence-corrected chi connectivity index (χ4v) is 1.92. The van der Waals surface area contributed by atoms with Gasteiger partial charge in [-0.25, -0.2) is 0 Å². The molecule has 4 nitrogen and oxygen atoms in total. The van der Waals surface area contributed by atoms with Crippen LogP contribution in [0.1, 0.15) is 23.7 Å². The Labute approximate surface area is 119 Å². The molecule has 0 saturated heterocycles. The number of amides is 1. The molecule has 106 valence electrons. The number of alkyl halides is 1. The zero-order chi connectivity index (χ0) is 14.3. The van der Waals surface area contributed by atoms with E-state index < -0.39 is 0 Å². The Kier molecular flexibility index (Phi) is 6.50. The van der Waals surface area contributed by atoms with Crippen LogP contribution in [0.2, 0.25) is 0 Å². The van der Waals surface area contributed by atoms with Gasteiger partial charge in [-0.1, -0.05) is 0 Å². The molecule has 1 amide bonds. The lowest BCUT2D eigenvalue weighted by atomic mass is 10.1. The highest BCUT2D eigenvalue weighted by Crippen LogP contribution is 2.25. The number of hydrogen-bond acceptors (Lipinski definition) is 3. The van der Waals surface area contributed by atoms with Crippen LogP contribution in [-0.2, 0) is 0 Å². The predicted octanol–water partition coefficient (Wildman–Crippen LogP) is 2.79. The van der Waals surface area contributed by atoms with Crippen LogP contribution >= 0.6 is 11.6 Å². The summed E-state index contributed by atoms with van der Waals surface area (Å²) >= 11 is 5.67. The van der Waals surface area contributed by atoms with Gasteiger partial charge in [-0.05, 0) is 25.5 Å². The lowest BCUT2D eigenvalue weighted by Gasteiger charge is -2.21. The van der Waals surface area contributed by atoms with Gasteiger partial charge in [0.25, 0.3) is 5.91 Å². The molecule has 0 N–H and O–H groups in total. The first-order valence-corrected chi connectivity index (χ1v) is 6.78. The van der Waals surface area contributed by atoms with E-state index in [2.05, 4.69) is 0 Å². The standard InChI is InChI=1S/C14H20ClNO3/c1-4-16(9-5-8-15)14(17)12-7-6-11(18-2)10-13(12)19-3/h6-7,10H,4-5,8-9H2,1-3H3. The maximum atomic E-state index is 12.4. The minimum absolute atomic E-state index is 0.0490. The average molecular weight is 286 g/mol. The van der Waals surface area contributed by atoms with Crippen molar-refractivity contribution >= 4 is 17.5 Å². The Bertz CT molecular complexity index is 423. The smallest absolute Gasteiger partial charge is 0.257 e. The first kappa shape index (κ1) is 15.6. The third-order valence-corrected chi connectivity index (χ3v) is 3.14. The second-order valence-electron chi connectivity index (χ2n) is 3.99. The van der Waals surface area contributed by atoms with Crippen molar-refractivity contribution < 1.29 is 14.3 Å². The molecule has 19 heavy (non-hydrogen) atoms. The number of ether oxygens (including phenoxy) is 2. The molecule has 1 rings (SSSR count). The molecule has 0 bridgehead atoms. The van der Waals surface area contributed by atoms with E-state index in [4.69, 9.17) is 21.1 Å². The van der Waals surface area contributed by atoms with E-state index in [1.807, 2.05) is 6.92 Å². The number of carbonyl (C=O) groups is 1. The van der Waals surface area contributed by atoms with Gasteiger partial charge in [-0.2, -0.15) is 0 Å². The Hall–Kier alpha value is -1.42. The van der Waals surface area contributed by atoms with E-state index >= 15 is 0 Å². The van der Waals surface area contributed by atoms with Gasteiger partial charge in [0.15, 0.2) is 0 Å². The lowest BCUT2D eigenvalue weighted by molar-refractivity contribution is 0.0761. The maximum Gasteiger partial charge on any atom is 0.257 e. The summed E-state index contributed by atoms with van der Waals surface area (Å²) in [6, 6.07) is 5.19. The molecule has 0 saturated carbocycles. The SMILES string of the molecule is CCN(CCCCl)C(=O)c1ccc(OC)cc1OC. The summed E-state index contributed by atoms with van der Waals surface area (Å²) in [7, 11) is 3.12. The van der Waals surface area contributed by atoms with Gasteiger partial charge in [0.1, 0.15) is 11.5 Å². The van der Waals surface area contributed by atoms with E-state index in [1.54, 1.807) is 37.3 Å². The summed E-state index contributed by atoms with van der Waals surface area (Å²) < 4.78 is 10.4. The topological polar surface area (TPSA) is 38.8 Å². The number of nitrogens with zero attached hydrogens (tertiary/aromatic N) is 1. The average Bonchev–Trinajstić information content (AvgIpc) is 2.46. The molecule has 0 heterocycles. The number of rotatable bonds is 7. The molecule has 0 fully saturated rings. The molecule has 5 heteroatoms. The minimum Gasteiger partial charge on any atom is -0.497 e. The van der Waals surface area contributed by atoms with Gasteiger partial charge in [-0.15, -0.1) is 11.6 Å². The molecule has 1 aromatic carbocycles. The molecule has 0 unspecified atom stereocenters. The van der Waals surface area contributed by atoms with Gasteiger partial charge in [0, 0.05) is 25.0 Å². The quantitative estimate of drug-likeness (QED) is 0.723. The minimum atomic E-state index is -0.0490. The second kappa shape index (κ2) is 7.89. The van der Waals surface area contributed by atoms with Gasteiger partial charge in [-0.3, -0.25) is 4.79 Å². The second-order valence-corrected chi connectivity index (χ2v) is 4.37. The highest BCUT2D eigenvalue weighted by Gasteiger charge is 2.18. The summed E-state index contributed by atoms with van der Waals surface area (Å²) in [5, 5.41) is 0. The number of halogens is 1. The summed E-state index contributed by atoms with van der Waals surface area (Å²) in [5.74, 6) is 1.68. The van der Waals surface area contributed by atoms with Crippen molar-refractivity contribution in [3.8, 4) is 11.5 Å². The molecule has 0 spiro atoms. The van der Waals surface area contributed by atoms with Gasteiger partial charge >= 0.3 is 0 Å². The monoisotopic (exact) mass is 285 g/mol. The number of hydrogen-bond donors (Lipinski definition) is 0. The largest absolute Gasteiger partial charge is 0.497 e.